The first-order valence-corrected chi connectivity index (χ1v) is 15.1. The Labute approximate surface area is 249 Å². The molecular formula is C30H28N4O6S2. The summed E-state index contributed by atoms with van der Waals surface area (Å²) in [6.45, 7) is 1.67. The minimum Gasteiger partial charge on any atom is -0.497 e. The molecule has 0 saturated carbocycles. The van der Waals surface area contributed by atoms with E-state index in [2.05, 4.69) is 27.6 Å². The van der Waals surface area contributed by atoms with Crippen molar-refractivity contribution in [1.29, 1.82) is 0 Å². The number of furan rings is 1. The lowest BCUT2D eigenvalue weighted by Gasteiger charge is -2.36. The van der Waals surface area contributed by atoms with E-state index in [9.17, 15) is 0 Å². The van der Waals surface area contributed by atoms with Gasteiger partial charge in [-0.2, -0.15) is 0 Å². The number of rotatable bonds is 9. The summed E-state index contributed by atoms with van der Waals surface area (Å²) in [4.78, 5) is 10.4. The normalized spacial score (nSPS) is 14.8. The summed E-state index contributed by atoms with van der Waals surface area (Å²) >= 11 is 3.02. The van der Waals surface area contributed by atoms with E-state index in [1.807, 2.05) is 36.5 Å². The molecule has 12 heteroatoms. The van der Waals surface area contributed by atoms with Crippen LogP contribution in [-0.2, 0) is 16.8 Å². The van der Waals surface area contributed by atoms with Crippen LogP contribution in [0.4, 0.5) is 0 Å². The average molecular weight is 605 g/mol. The van der Waals surface area contributed by atoms with Crippen LogP contribution in [-0.4, -0.2) is 54.1 Å². The summed E-state index contributed by atoms with van der Waals surface area (Å²) in [5.74, 6) is 2.72. The van der Waals surface area contributed by atoms with Crippen LogP contribution in [0.2, 0.25) is 0 Å². The third kappa shape index (κ3) is 4.75. The van der Waals surface area contributed by atoms with Crippen LogP contribution in [0.3, 0.4) is 0 Å². The number of imidazole rings is 1. The molecule has 4 aromatic heterocycles. The summed E-state index contributed by atoms with van der Waals surface area (Å²) in [5.41, 5.74) is 3.13. The summed E-state index contributed by atoms with van der Waals surface area (Å²) in [7, 11) is 4.90. The Kier molecular flexibility index (Phi) is 6.96. The summed E-state index contributed by atoms with van der Waals surface area (Å²) in [5, 5.41) is 8.85. The van der Waals surface area contributed by atoms with Crippen LogP contribution in [0.15, 0.2) is 58.5 Å². The molecule has 0 radical (unpaired) electrons. The molecular weight excluding hydrogens is 576 g/mol. The molecule has 0 N–H and O–H groups in total. The van der Waals surface area contributed by atoms with Gasteiger partial charge in [0.2, 0.25) is 4.96 Å². The molecule has 216 valence electrons. The Bertz CT molecular complexity index is 1830. The fourth-order valence-electron chi connectivity index (χ4n) is 5.34. The van der Waals surface area contributed by atoms with Crippen molar-refractivity contribution in [2.45, 2.75) is 24.9 Å². The Morgan fingerprint density at radius 2 is 1.83 bits per heavy atom. The van der Waals surface area contributed by atoms with Gasteiger partial charge in [0.05, 0.1) is 44.0 Å². The van der Waals surface area contributed by atoms with Gasteiger partial charge in [0.1, 0.15) is 40.1 Å². The van der Waals surface area contributed by atoms with Crippen LogP contribution >= 0.6 is 22.7 Å². The van der Waals surface area contributed by atoms with Crippen molar-refractivity contribution in [3.05, 3.63) is 70.3 Å². The first-order chi connectivity index (χ1) is 20.6. The second-order valence-electron chi connectivity index (χ2n) is 9.93. The van der Waals surface area contributed by atoms with Crippen LogP contribution in [0.1, 0.15) is 29.1 Å². The predicted octanol–water partition coefficient (Wildman–Crippen LogP) is 6.36. The molecule has 2 aromatic carbocycles. The van der Waals surface area contributed by atoms with Gasteiger partial charge in [0.25, 0.3) is 5.19 Å². The van der Waals surface area contributed by atoms with Crippen LogP contribution < -0.4 is 18.9 Å². The zero-order valence-corrected chi connectivity index (χ0v) is 24.9. The zero-order chi connectivity index (χ0) is 28.7. The fraction of sp³-hybridized carbons (Fsp3) is 0.300. The zero-order valence-electron chi connectivity index (χ0n) is 23.3. The standard InChI is InChI=1S/C30H28N4O6S2/c1-35-20-6-4-5-18(11-20)30(7-9-38-10-8-30)27-31-19(17-41-27)16-39-24-12-21(36-2)13-25-22(24)14-26(40-25)23-15-34-28(32-23)42-29(33-34)37-3/h4-6,11-15,17H,7-10,16H2,1-3H3. The summed E-state index contributed by atoms with van der Waals surface area (Å²) in [6, 6.07) is 13.9. The Morgan fingerprint density at radius 3 is 2.62 bits per heavy atom. The molecule has 0 unspecified atom stereocenters. The number of hydrogen-bond acceptors (Lipinski definition) is 11. The van der Waals surface area contributed by atoms with Gasteiger partial charge in [-0.15, -0.1) is 16.4 Å². The molecule has 0 atom stereocenters. The van der Waals surface area contributed by atoms with Gasteiger partial charge in [-0.3, -0.25) is 0 Å². The van der Waals surface area contributed by atoms with Crippen molar-refractivity contribution in [2.75, 3.05) is 34.5 Å². The van der Waals surface area contributed by atoms with Crippen molar-refractivity contribution >= 4 is 38.6 Å². The SMILES string of the molecule is COc1cccc(C2(c3nc(COc4cc(OC)cc5oc(-c6cn7nc(OC)sc7n6)cc45)cs3)CCOCC2)c1. The molecule has 1 aliphatic rings. The lowest BCUT2D eigenvalue weighted by atomic mass is 9.74. The van der Waals surface area contributed by atoms with Gasteiger partial charge >= 0.3 is 0 Å². The number of methoxy groups -OCH3 is 3. The van der Waals surface area contributed by atoms with E-state index >= 15 is 0 Å². The summed E-state index contributed by atoms with van der Waals surface area (Å²) in [6.07, 6.45) is 3.53. The van der Waals surface area contributed by atoms with Crippen LogP contribution in [0.5, 0.6) is 22.4 Å². The number of nitrogens with zero attached hydrogens (tertiary/aromatic N) is 4. The van der Waals surface area contributed by atoms with Crippen molar-refractivity contribution in [3.8, 4) is 33.9 Å². The number of thiazole rings is 1. The highest BCUT2D eigenvalue weighted by molar-refractivity contribution is 7.18. The molecule has 10 nitrogen and oxygen atoms in total. The number of hydrogen-bond donors (Lipinski definition) is 0. The highest BCUT2D eigenvalue weighted by Crippen LogP contribution is 2.44. The molecule has 0 bridgehead atoms. The molecule has 0 aliphatic carbocycles. The molecule has 0 amide bonds. The minimum absolute atomic E-state index is 0.227. The Hall–Kier alpha value is -4.13. The van der Waals surface area contributed by atoms with E-state index in [1.165, 1.54) is 16.9 Å². The van der Waals surface area contributed by atoms with E-state index in [-0.39, 0.29) is 5.41 Å². The smallest absolute Gasteiger partial charge is 0.294 e. The van der Waals surface area contributed by atoms with Crippen LogP contribution in [0, 0.1) is 0 Å². The van der Waals surface area contributed by atoms with Crippen molar-refractivity contribution in [2.24, 2.45) is 0 Å². The number of aromatic nitrogens is 4. The third-order valence-corrected chi connectivity index (χ3v) is 9.54. The monoisotopic (exact) mass is 604 g/mol. The maximum absolute atomic E-state index is 6.35. The van der Waals surface area contributed by atoms with Crippen LogP contribution in [0.25, 0.3) is 27.4 Å². The first-order valence-electron chi connectivity index (χ1n) is 13.4. The number of benzene rings is 2. The first kappa shape index (κ1) is 26.7. The Balaban J connectivity index is 1.17. The van der Waals surface area contributed by atoms with Crippen molar-refractivity contribution in [3.63, 3.8) is 0 Å². The van der Waals surface area contributed by atoms with E-state index in [0.717, 1.165) is 34.7 Å². The predicted molar refractivity (Wildman–Crippen MR) is 159 cm³/mol. The Morgan fingerprint density at radius 1 is 0.976 bits per heavy atom. The lowest BCUT2D eigenvalue weighted by Crippen LogP contribution is -2.35. The molecule has 6 aromatic rings. The average Bonchev–Trinajstić information content (AvgIpc) is 3.83. The molecule has 0 spiro atoms. The highest BCUT2D eigenvalue weighted by atomic mass is 32.1. The van der Waals surface area contributed by atoms with Crippen molar-refractivity contribution in [1.82, 2.24) is 19.6 Å². The van der Waals surface area contributed by atoms with Gasteiger partial charge < -0.3 is 28.1 Å². The van der Waals surface area contributed by atoms with Gasteiger partial charge in [-0.1, -0.05) is 12.1 Å². The second-order valence-corrected chi connectivity index (χ2v) is 11.7. The molecule has 7 rings (SSSR count). The van der Waals surface area contributed by atoms with E-state index in [4.69, 9.17) is 33.1 Å². The van der Waals surface area contributed by atoms with Crippen molar-refractivity contribution < 1.29 is 28.1 Å². The third-order valence-electron chi connectivity index (χ3n) is 7.57. The van der Waals surface area contributed by atoms with Gasteiger partial charge in [-0.05, 0) is 47.9 Å². The quantitative estimate of drug-likeness (QED) is 0.186. The lowest BCUT2D eigenvalue weighted by molar-refractivity contribution is 0.0629. The van der Waals surface area contributed by atoms with E-state index in [0.29, 0.717) is 58.5 Å². The minimum atomic E-state index is -0.227. The maximum Gasteiger partial charge on any atom is 0.294 e. The maximum atomic E-state index is 6.35. The van der Waals surface area contributed by atoms with E-state index in [1.54, 1.807) is 37.2 Å². The van der Waals surface area contributed by atoms with Gasteiger partial charge in [-0.25, -0.2) is 14.5 Å². The summed E-state index contributed by atoms with van der Waals surface area (Å²) < 4.78 is 36.2. The highest BCUT2D eigenvalue weighted by Gasteiger charge is 2.39. The topological polar surface area (TPSA) is 102 Å². The molecule has 1 aliphatic heterocycles. The fourth-order valence-corrected chi connectivity index (χ4v) is 7.13. The number of ether oxygens (including phenoxy) is 5. The van der Waals surface area contributed by atoms with Gasteiger partial charge in [0.15, 0.2) is 5.76 Å². The molecule has 1 fully saturated rings. The number of fused-ring (bicyclic) bond motifs is 2. The molecule has 5 heterocycles. The molecule has 1 saturated heterocycles. The molecule has 42 heavy (non-hydrogen) atoms. The van der Waals surface area contributed by atoms with E-state index < -0.39 is 0 Å². The van der Waals surface area contributed by atoms with Gasteiger partial charge in [0, 0.05) is 30.7 Å². The second kappa shape index (κ2) is 10.9. The largest absolute Gasteiger partial charge is 0.497 e.